The summed E-state index contributed by atoms with van der Waals surface area (Å²) >= 11 is 0. The molecule has 4 aromatic rings. The molecule has 0 unspecified atom stereocenters. The van der Waals surface area contributed by atoms with Gasteiger partial charge in [-0.2, -0.15) is 0 Å². The van der Waals surface area contributed by atoms with E-state index in [0.717, 1.165) is 16.5 Å². The Bertz CT molecular complexity index is 1530. The summed E-state index contributed by atoms with van der Waals surface area (Å²) in [6.45, 7) is 8.25. The molecule has 2 heterocycles. The number of rotatable bonds is 11. The van der Waals surface area contributed by atoms with Crippen LogP contribution in [0.2, 0.25) is 0 Å². The summed E-state index contributed by atoms with van der Waals surface area (Å²) in [5, 5.41) is 0.796. The molecular formula is C31H35FN2O5S. The molecule has 0 amide bonds. The van der Waals surface area contributed by atoms with E-state index in [4.69, 9.17) is 19.6 Å². The summed E-state index contributed by atoms with van der Waals surface area (Å²) in [7, 11) is -1.13. The molecule has 0 saturated heterocycles. The number of hydrogen-bond donors (Lipinski definition) is 1. The third-order valence-electron chi connectivity index (χ3n) is 6.47. The second kappa shape index (κ2) is 12.7. The Balaban J connectivity index is 1.64. The Morgan fingerprint density at radius 3 is 2.62 bits per heavy atom. The van der Waals surface area contributed by atoms with Gasteiger partial charge in [-0.15, -0.1) is 0 Å². The molecule has 0 aliphatic carbocycles. The van der Waals surface area contributed by atoms with Crippen molar-refractivity contribution in [3.8, 4) is 16.9 Å². The van der Waals surface area contributed by atoms with Crippen molar-refractivity contribution < 1.29 is 27.3 Å². The molecule has 4 rings (SSSR count). The van der Waals surface area contributed by atoms with Crippen molar-refractivity contribution >= 4 is 27.7 Å². The number of nitrogens with zero attached hydrogens (tertiary/aromatic N) is 1. The minimum absolute atomic E-state index is 0.0745. The molecule has 0 radical (unpaired) electrons. The van der Waals surface area contributed by atoms with E-state index in [2.05, 4.69) is 4.98 Å². The zero-order chi connectivity index (χ0) is 28.9. The maximum Gasteiger partial charge on any atom is 0.310 e. The molecule has 0 spiro atoms. The van der Waals surface area contributed by atoms with Gasteiger partial charge in [0.15, 0.2) is 5.82 Å². The number of ether oxygens (including phenoxy) is 2. The molecule has 0 aliphatic rings. The van der Waals surface area contributed by atoms with Crippen LogP contribution in [0.15, 0.2) is 59.3 Å². The van der Waals surface area contributed by atoms with Crippen LogP contribution in [0.1, 0.15) is 50.1 Å². The number of benzene rings is 2. The Morgan fingerprint density at radius 1 is 1.10 bits per heavy atom. The van der Waals surface area contributed by atoms with Crippen LogP contribution in [0.5, 0.6) is 5.75 Å². The van der Waals surface area contributed by atoms with E-state index in [-0.39, 0.29) is 35.9 Å². The fourth-order valence-corrected chi connectivity index (χ4v) is 5.32. The fraction of sp³-hybridized carbons (Fsp3) is 0.355. The Hall–Kier alpha value is -3.56. The van der Waals surface area contributed by atoms with Gasteiger partial charge >= 0.3 is 5.97 Å². The van der Waals surface area contributed by atoms with Crippen LogP contribution < -0.4 is 10.5 Å². The van der Waals surface area contributed by atoms with Crippen molar-refractivity contribution in [1.82, 2.24) is 4.98 Å². The lowest BCUT2D eigenvalue weighted by Crippen LogP contribution is -2.25. The van der Waals surface area contributed by atoms with E-state index < -0.39 is 16.6 Å². The van der Waals surface area contributed by atoms with Gasteiger partial charge in [-0.05, 0) is 69.2 Å². The van der Waals surface area contributed by atoms with Gasteiger partial charge in [0.25, 0.3) is 0 Å². The summed E-state index contributed by atoms with van der Waals surface area (Å²) in [5.74, 6) is 0.0487. The third-order valence-corrected chi connectivity index (χ3v) is 8.41. The number of carbonyl (C=O) groups is 1. The van der Waals surface area contributed by atoms with Gasteiger partial charge in [-0.1, -0.05) is 12.1 Å². The normalized spacial score (nSPS) is 12.4. The van der Waals surface area contributed by atoms with Crippen molar-refractivity contribution in [1.29, 1.82) is 0 Å². The maximum absolute atomic E-state index is 15.8. The Kier molecular flexibility index (Phi) is 9.37. The average Bonchev–Trinajstić information content (AvgIpc) is 3.40. The quantitative estimate of drug-likeness (QED) is 0.227. The zero-order valence-corrected chi connectivity index (χ0v) is 24.1. The molecule has 0 aliphatic heterocycles. The number of pyridine rings is 1. The molecule has 7 nitrogen and oxygen atoms in total. The highest BCUT2D eigenvalue weighted by molar-refractivity contribution is 7.86. The van der Waals surface area contributed by atoms with Crippen molar-refractivity contribution in [3.63, 3.8) is 0 Å². The van der Waals surface area contributed by atoms with Gasteiger partial charge in [0.2, 0.25) is 0 Å². The highest BCUT2D eigenvalue weighted by Crippen LogP contribution is 2.34. The van der Waals surface area contributed by atoms with E-state index in [1.165, 1.54) is 0 Å². The Morgan fingerprint density at radius 2 is 1.90 bits per heavy atom. The summed E-state index contributed by atoms with van der Waals surface area (Å²) in [5.41, 5.74) is 9.91. The van der Waals surface area contributed by atoms with Crippen LogP contribution in [0, 0.1) is 5.82 Å². The van der Waals surface area contributed by atoms with E-state index in [1.807, 2.05) is 57.2 Å². The van der Waals surface area contributed by atoms with Gasteiger partial charge in [0.1, 0.15) is 17.9 Å². The first-order chi connectivity index (χ1) is 19.1. The number of hydrogen-bond acceptors (Lipinski definition) is 7. The van der Waals surface area contributed by atoms with Crippen molar-refractivity contribution in [2.45, 2.75) is 58.4 Å². The van der Waals surface area contributed by atoms with E-state index >= 15 is 4.39 Å². The lowest BCUT2D eigenvalue weighted by molar-refractivity contribution is -0.142. The molecular weight excluding hydrogens is 531 g/mol. The lowest BCUT2D eigenvalue weighted by atomic mass is 9.99. The average molecular weight is 567 g/mol. The summed E-state index contributed by atoms with van der Waals surface area (Å²) in [4.78, 5) is 16.4. The van der Waals surface area contributed by atoms with Crippen molar-refractivity contribution in [3.05, 3.63) is 83.1 Å². The number of fused-ring (bicyclic) bond motifs is 1. The monoisotopic (exact) mass is 566 g/mol. The van der Waals surface area contributed by atoms with Gasteiger partial charge < -0.3 is 19.6 Å². The van der Waals surface area contributed by atoms with Crippen molar-refractivity contribution in [2.24, 2.45) is 5.73 Å². The maximum atomic E-state index is 15.8. The summed E-state index contributed by atoms with van der Waals surface area (Å²) in [6.07, 6.45) is 3.46. The number of carbonyl (C=O) groups excluding carboxylic acids is 1. The van der Waals surface area contributed by atoms with Crippen LogP contribution in [-0.4, -0.2) is 32.3 Å². The first-order valence-electron chi connectivity index (χ1n) is 13.2. The number of esters is 1. The zero-order valence-electron chi connectivity index (χ0n) is 23.3. The molecule has 212 valence electrons. The first kappa shape index (κ1) is 29.4. The number of aryl methyl sites for hydroxylation is 1. The SMILES string of the molecule is CCOC(=O)Cc1ccc(CN)cc1OCc1cc(-c2ccnc(CC[S@@](=O)C(C)(C)C)c2F)c2occc2c1. The van der Waals surface area contributed by atoms with E-state index in [9.17, 15) is 9.00 Å². The standard InChI is InChI=1S/C31H35FN2O5S/c1-5-37-28(35)17-22-7-6-20(18-33)16-27(22)39-19-21-14-23-9-12-38-30(23)25(15-21)24-8-11-34-26(29(24)32)10-13-40(36)31(2,3)4/h6-9,11-12,14-16H,5,10,13,17-19,33H2,1-4H3/t40-/m1/s1. The molecule has 0 fully saturated rings. The predicted octanol–water partition coefficient (Wildman–Crippen LogP) is 5.87. The topological polar surface area (TPSA) is 105 Å². The van der Waals surface area contributed by atoms with Crippen LogP contribution in [0.25, 0.3) is 22.1 Å². The number of halogens is 1. The minimum atomic E-state index is -1.13. The van der Waals surface area contributed by atoms with Gasteiger partial charge in [0, 0.05) is 62.5 Å². The summed E-state index contributed by atoms with van der Waals surface area (Å²) in [6, 6.07) is 12.7. The van der Waals surface area contributed by atoms with Crippen LogP contribution in [-0.2, 0) is 46.3 Å². The first-order valence-corrected chi connectivity index (χ1v) is 14.5. The summed E-state index contributed by atoms with van der Waals surface area (Å²) < 4.78 is 44.9. The molecule has 2 aromatic carbocycles. The van der Waals surface area contributed by atoms with E-state index in [1.54, 1.807) is 25.5 Å². The van der Waals surface area contributed by atoms with E-state index in [0.29, 0.717) is 46.9 Å². The number of furan rings is 1. The second-order valence-corrected chi connectivity index (χ2v) is 12.8. The predicted molar refractivity (Wildman–Crippen MR) is 155 cm³/mol. The van der Waals surface area contributed by atoms with Crippen LogP contribution >= 0.6 is 0 Å². The molecule has 2 N–H and O–H groups in total. The highest BCUT2D eigenvalue weighted by atomic mass is 32.2. The number of aromatic nitrogens is 1. The largest absolute Gasteiger partial charge is 0.489 e. The fourth-order valence-electron chi connectivity index (χ4n) is 4.33. The molecule has 2 aromatic heterocycles. The Labute approximate surface area is 236 Å². The lowest BCUT2D eigenvalue weighted by Gasteiger charge is -2.17. The van der Waals surface area contributed by atoms with Gasteiger partial charge in [0.05, 0.1) is 25.0 Å². The third kappa shape index (κ3) is 6.95. The minimum Gasteiger partial charge on any atom is -0.489 e. The van der Waals surface area contributed by atoms with Crippen molar-refractivity contribution in [2.75, 3.05) is 12.4 Å². The highest BCUT2D eigenvalue weighted by Gasteiger charge is 2.22. The van der Waals surface area contributed by atoms with Gasteiger partial charge in [-0.3, -0.25) is 14.0 Å². The molecule has 9 heteroatoms. The number of nitrogens with two attached hydrogens (primary N) is 1. The molecule has 40 heavy (non-hydrogen) atoms. The van der Waals surface area contributed by atoms with Crippen LogP contribution in [0.3, 0.4) is 0 Å². The van der Waals surface area contributed by atoms with Gasteiger partial charge in [-0.25, -0.2) is 4.39 Å². The molecule has 0 saturated carbocycles. The second-order valence-electron chi connectivity index (χ2n) is 10.4. The molecule has 1 atom stereocenters. The molecule has 0 bridgehead atoms. The smallest absolute Gasteiger partial charge is 0.310 e. The van der Waals surface area contributed by atoms with Crippen LogP contribution in [0.4, 0.5) is 4.39 Å².